The van der Waals surface area contributed by atoms with E-state index < -0.39 is 16.1 Å². The van der Waals surface area contributed by atoms with Crippen LogP contribution in [0, 0.1) is 22.9 Å². The molecule has 0 heterocycles. The Labute approximate surface area is 128 Å². The fourth-order valence-corrected chi connectivity index (χ4v) is 8.56. The van der Waals surface area contributed by atoms with Gasteiger partial charge in [0.1, 0.15) is 16.1 Å². The summed E-state index contributed by atoms with van der Waals surface area (Å²) in [6.07, 6.45) is 0. The van der Waals surface area contributed by atoms with Crippen LogP contribution in [0.2, 0.25) is 36.3 Å². The number of rotatable bonds is 3. The van der Waals surface area contributed by atoms with Crippen LogP contribution >= 0.6 is 0 Å². The molecule has 20 heavy (non-hydrogen) atoms. The molecule has 0 spiro atoms. The molecule has 1 nitrogen and oxygen atoms in total. The van der Waals surface area contributed by atoms with Gasteiger partial charge < -0.3 is 0 Å². The van der Waals surface area contributed by atoms with Crippen molar-refractivity contribution in [2.45, 2.75) is 77.8 Å². The Kier molecular flexibility index (Phi) is 7.01. The molecule has 0 N–H and O–H groups in total. The van der Waals surface area contributed by atoms with E-state index in [1.54, 1.807) is 0 Å². The average Bonchev–Trinajstić information content (AvgIpc) is 2.24. The van der Waals surface area contributed by atoms with E-state index in [9.17, 15) is 4.79 Å². The molecular weight excluding hydrogens is 276 g/mol. The summed E-state index contributed by atoms with van der Waals surface area (Å²) in [6, 6.07) is 0. The van der Waals surface area contributed by atoms with E-state index in [0.717, 1.165) is 0 Å². The molecule has 0 saturated heterocycles. The highest BCUT2D eigenvalue weighted by atomic mass is 28.3. The highest BCUT2D eigenvalue weighted by molar-refractivity contribution is 6.90. The number of ketones is 1. The van der Waals surface area contributed by atoms with Crippen molar-refractivity contribution < 1.29 is 4.79 Å². The standard InChI is InChI=1S/C17H30OSi2/c1-14(2)20(15(3)4,16(5)6)13-11-17(18)10-12-19(7,8)9/h14-16H,1-9H3. The Balaban J connectivity index is 5.46. The summed E-state index contributed by atoms with van der Waals surface area (Å²) < 4.78 is 0. The summed E-state index contributed by atoms with van der Waals surface area (Å²) in [7, 11) is -3.30. The fourth-order valence-electron chi connectivity index (χ4n) is 2.87. The monoisotopic (exact) mass is 306 g/mol. The first-order valence-electron chi connectivity index (χ1n) is 7.53. The van der Waals surface area contributed by atoms with Gasteiger partial charge in [-0.05, 0) is 28.5 Å². The Morgan fingerprint density at radius 1 is 0.750 bits per heavy atom. The van der Waals surface area contributed by atoms with Crippen LogP contribution < -0.4 is 0 Å². The fraction of sp³-hybridized carbons (Fsp3) is 0.706. The number of carbonyl (C=O) groups excluding carboxylic acids is 1. The van der Waals surface area contributed by atoms with Crippen molar-refractivity contribution in [3.63, 3.8) is 0 Å². The van der Waals surface area contributed by atoms with Gasteiger partial charge in [0.05, 0.1) is 0 Å². The molecular formula is C17H30OSi2. The minimum absolute atomic E-state index is 0.203. The van der Waals surface area contributed by atoms with Crippen LogP contribution in [0.15, 0.2) is 0 Å². The maximum atomic E-state index is 11.9. The van der Waals surface area contributed by atoms with Crippen molar-refractivity contribution in [2.75, 3.05) is 0 Å². The van der Waals surface area contributed by atoms with Crippen LogP contribution in [0.1, 0.15) is 41.5 Å². The average molecular weight is 307 g/mol. The van der Waals surface area contributed by atoms with Gasteiger partial charge in [-0.2, -0.15) is 0 Å². The Morgan fingerprint density at radius 2 is 1.10 bits per heavy atom. The maximum absolute atomic E-state index is 11.9. The van der Waals surface area contributed by atoms with Gasteiger partial charge >= 0.3 is 0 Å². The van der Waals surface area contributed by atoms with Crippen LogP contribution in [0.4, 0.5) is 0 Å². The first kappa shape index (κ1) is 19.2. The van der Waals surface area contributed by atoms with E-state index >= 15 is 0 Å². The molecule has 112 valence electrons. The Hall–Kier alpha value is -0.776. The largest absolute Gasteiger partial charge is 0.277 e. The zero-order valence-electron chi connectivity index (χ0n) is 14.6. The Bertz CT molecular complexity index is 437. The smallest absolute Gasteiger partial charge is 0.270 e. The normalized spacial score (nSPS) is 12.0. The van der Waals surface area contributed by atoms with Gasteiger partial charge in [-0.15, -0.1) is 11.1 Å². The third-order valence-electron chi connectivity index (χ3n) is 3.81. The number of hydrogen-bond donors (Lipinski definition) is 0. The minimum atomic E-state index is -1.80. The van der Waals surface area contributed by atoms with Crippen LogP contribution in [0.25, 0.3) is 0 Å². The summed E-state index contributed by atoms with van der Waals surface area (Å²) in [4.78, 5) is 11.9. The predicted molar refractivity (Wildman–Crippen MR) is 95.0 cm³/mol. The molecule has 0 aliphatic rings. The van der Waals surface area contributed by atoms with Crippen LogP contribution in [-0.2, 0) is 4.79 Å². The number of Topliss-reactive ketones (excluding diaryl/α,β-unsaturated/α-hetero) is 1. The van der Waals surface area contributed by atoms with Crippen molar-refractivity contribution in [3.8, 4) is 22.9 Å². The molecule has 0 aliphatic heterocycles. The first-order chi connectivity index (χ1) is 8.93. The third-order valence-corrected chi connectivity index (χ3v) is 11.0. The van der Waals surface area contributed by atoms with Gasteiger partial charge in [0.15, 0.2) is 0 Å². The van der Waals surface area contributed by atoms with Gasteiger partial charge in [0.25, 0.3) is 5.78 Å². The second kappa shape index (κ2) is 7.29. The first-order valence-corrected chi connectivity index (χ1v) is 13.3. The molecule has 0 fully saturated rings. The third kappa shape index (κ3) is 5.31. The van der Waals surface area contributed by atoms with Crippen molar-refractivity contribution in [2.24, 2.45) is 0 Å². The molecule has 0 aromatic rings. The SMILES string of the molecule is CC(C)[Si](C#CC(=O)C#C[Si](C)(C)C)(C(C)C)C(C)C. The maximum Gasteiger partial charge on any atom is 0.277 e. The Morgan fingerprint density at radius 3 is 1.40 bits per heavy atom. The lowest BCUT2D eigenvalue weighted by atomic mass is 10.4. The lowest BCUT2D eigenvalue weighted by Gasteiger charge is -2.37. The molecule has 0 bridgehead atoms. The number of hydrogen-bond acceptors (Lipinski definition) is 1. The number of carbonyl (C=O) groups is 1. The minimum Gasteiger partial charge on any atom is -0.270 e. The van der Waals surface area contributed by atoms with Gasteiger partial charge in [-0.3, -0.25) is 4.79 Å². The van der Waals surface area contributed by atoms with Gasteiger partial charge in [-0.25, -0.2) is 0 Å². The van der Waals surface area contributed by atoms with E-state index in [-0.39, 0.29) is 5.78 Å². The summed E-state index contributed by atoms with van der Waals surface area (Å²) in [5.41, 5.74) is 8.16. The molecule has 0 amide bonds. The summed E-state index contributed by atoms with van der Waals surface area (Å²) in [5, 5.41) is 0. The van der Waals surface area contributed by atoms with Gasteiger partial charge in [0, 0.05) is 0 Å². The quantitative estimate of drug-likeness (QED) is 0.547. The highest BCUT2D eigenvalue weighted by Crippen LogP contribution is 2.40. The lowest BCUT2D eigenvalue weighted by Crippen LogP contribution is -2.43. The summed E-state index contributed by atoms with van der Waals surface area (Å²) >= 11 is 0. The predicted octanol–water partition coefficient (Wildman–Crippen LogP) is 4.66. The molecule has 0 unspecified atom stereocenters. The van der Waals surface area contributed by atoms with E-state index in [1.807, 2.05) is 0 Å². The topological polar surface area (TPSA) is 17.1 Å². The lowest BCUT2D eigenvalue weighted by molar-refractivity contribution is -0.108. The molecule has 0 saturated carbocycles. The van der Waals surface area contributed by atoms with Crippen LogP contribution in [-0.4, -0.2) is 21.9 Å². The molecule has 0 radical (unpaired) electrons. The zero-order valence-corrected chi connectivity index (χ0v) is 16.6. The van der Waals surface area contributed by atoms with Crippen molar-refractivity contribution in [1.29, 1.82) is 0 Å². The van der Waals surface area contributed by atoms with E-state index in [1.165, 1.54) is 0 Å². The molecule has 0 aliphatic carbocycles. The summed E-state index contributed by atoms with van der Waals surface area (Å²) in [5.74, 6) is 5.39. The zero-order chi connectivity index (χ0) is 16.1. The van der Waals surface area contributed by atoms with Crippen molar-refractivity contribution in [3.05, 3.63) is 0 Å². The molecule has 0 rings (SSSR count). The second-order valence-electron chi connectivity index (χ2n) is 7.48. The summed E-state index contributed by atoms with van der Waals surface area (Å²) in [6.45, 7) is 19.9. The molecule has 3 heteroatoms. The van der Waals surface area contributed by atoms with Crippen molar-refractivity contribution in [1.82, 2.24) is 0 Å². The van der Waals surface area contributed by atoms with Gasteiger partial charge in [-0.1, -0.05) is 61.2 Å². The molecule has 0 aromatic carbocycles. The highest BCUT2D eigenvalue weighted by Gasteiger charge is 2.41. The molecule has 0 atom stereocenters. The van der Waals surface area contributed by atoms with E-state index in [4.69, 9.17) is 0 Å². The van der Waals surface area contributed by atoms with Crippen molar-refractivity contribution >= 4 is 21.9 Å². The second-order valence-corrected chi connectivity index (χ2v) is 17.8. The van der Waals surface area contributed by atoms with E-state index in [2.05, 4.69) is 84.1 Å². The van der Waals surface area contributed by atoms with E-state index in [0.29, 0.717) is 16.6 Å². The van der Waals surface area contributed by atoms with Gasteiger partial charge in [0.2, 0.25) is 0 Å². The van der Waals surface area contributed by atoms with Crippen LogP contribution in [0.5, 0.6) is 0 Å². The van der Waals surface area contributed by atoms with Crippen LogP contribution in [0.3, 0.4) is 0 Å². The molecule has 0 aromatic heterocycles.